The number of carbonyl (C=O) groups is 2. The van der Waals surface area contributed by atoms with Crippen LogP contribution < -0.4 is 9.47 Å². The van der Waals surface area contributed by atoms with Crippen LogP contribution in [-0.4, -0.2) is 29.2 Å². The van der Waals surface area contributed by atoms with Crippen LogP contribution in [0.5, 0.6) is 11.5 Å². The molecule has 3 rings (SSSR count). The molecule has 0 unspecified atom stereocenters. The molecule has 2 aromatic rings. The molecule has 1 saturated heterocycles. The van der Waals surface area contributed by atoms with E-state index in [1.807, 2.05) is 44.2 Å². The molecule has 0 aliphatic carbocycles. The zero-order chi connectivity index (χ0) is 21.7. The van der Waals surface area contributed by atoms with Crippen LogP contribution in [0.25, 0.3) is 6.08 Å². The van der Waals surface area contributed by atoms with Gasteiger partial charge in [-0.05, 0) is 70.9 Å². The third kappa shape index (κ3) is 5.15. The number of imide groups is 1. The summed E-state index contributed by atoms with van der Waals surface area (Å²) in [5.41, 5.74) is 2.98. The maximum absolute atomic E-state index is 12.5. The van der Waals surface area contributed by atoms with Gasteiger partial charge in [-0.15, -0.1) is 6.58 Å². The van der Waals surface area contributed by atoms with Crippen LogP contribution in [0.2, 0.25) is 0 Å². The second-order valence-corrected chi connectivity index (χ2v) is 8.47. The number of aryl methyl sites for hydroxylation is 1. The van der Waals surface area contributed by atoms with Crippen molar-refractivity contribution >= 4 is 44.9 Å². The number of carbonyl (C=O) groups excluding carboxylic acids is 2. The molecular weight excluding hydrogens is 466 g/mol. The summed E-state index contributed by atoms with van der Waals surface area (Å²) in [6, 6.07) is 11.8. The summed E-state index contributed by atoms with van der Waals surface area (Å²) in [4.78, 5) is 26.0. The van der Waals surface area contributed by atoms with Gasteiger partial charge in [-0.25, -0.2) is 0 Å². The predicted octanol–water partition coefficient (Wildman–Crippen LogP) is 5.96. The summed E-state index contributed by atoms with van der Waals surface area (Å²) >= 11 is 4.47. The lowest BCUT2D eigenvalue weighted by molar-refractivity contribution is -0.122. The molecule has 0 saturated carbocycles. The first kappa shape index (κ1) is 22.2. The second kappa shape index (κ2) is 10.00. The fourth-order valence-corrected chi connectivity index (χ4v) is 4.27. The normalized spacial score (nSPS) is 15.0. The van der Waals surface area contributed by atoms with E-state index < -0.39 is 0 Å². The summed E-state index contributed by atoms with van der Waals surface area (Å²) < 4.78 is 12.5. The molecule has 2 amide bonds. The van der Waals surface area contributed by atoms with E-state index in [2.05, 4.69) is 22.5 Å². The highest BCUT2D eigenvalue weighted by atomic mass is 79.9. The molecule has 1 aliphatic heterocycles. The molecule has 0 bridgehead atoms. The van der Waals surface area contributed by atoms with Gasteiger partial charge in [0, 0.05) is 6.54 Å². The highest BCUT2D eigenvalue weighted by molar-refractivity contribution is 9.10. The van der Waals surface area contributed by atoms with Gasteiger partial charge in [0.25, 0.3) is 11.1 Å². The first-order chi connectivity index (χ1) is 14.4. The van der Waals surface area contributed by atoms with Crippen molar-refractivity contribution < 1.29 is 19.1 Å². The molecule has 0 N–H and O–H groups in total. The molecular formula is C23H22BrNO4S. The number of benzene rings is 2. The van der Waals surface area contributed by atoms with Gasteiger partial charge in [0.15, 0.2) is 11.5 Å². The Morgan fingerprint density at radius 3 is 2.57 bits per heavy atom. The number of hydrogen-bond acceptors (Lipinski definition) is 5. The fraction of sp³-hybridized carbons (Fsp3) is 0.217. The van der Waals surface area contributed by atoms with Gasteiger partial charge in [0.1, 0.15) is 6.61 Å². The van der Waals surface area contributed by atoms with Gasteiger partial charge < -0.3 is 9.47 Å². The summed E-state index contributed by atoms with van der Waals surface area (Å²) in [5, 5.41) is -0.298. The minimum absolute atomic E-state index is 0.196. The predicted molar refractivity (Wildman–Crippen MR) is 124 cm³/mol. The highest BCUT2D eigenvalue weighted by Gasteiger charge is 2.34. The standard InChI is InChI=1S/C23H22BrNO4S/c1-4-10-25-22(26)20(30-23(25)27)13-17-11-18(24)21(19(12-17)28-5-2)29-14-16-8-6-15(3)7-9-16/h4,6-9,11-13H,1,5,10,14H2,2-3H3/b20-13+. The maximum atomic E-state index is 12.5. The lowest BCUT2D eigenvalue weighted by atomic mass is 10.1. The van der Waals surface area contributed by atoms with Gasteiger partial charge in [-0.1, -0.05) is 35.9 Å². The summed E-state index contributed by atoms with van der Waals surface area (Å²) in [6.45, 7) is 8.58. The fourth-order valence-electron chi connectivity index (χ4n) is 2.85. The number of nitrogens with zero attached hydrogens (tertiary/aromatic N) is 1. The average Bonchev–Trinajstić information content (AvgIpc) is 2.97. The Hall–Kier alpha value is -2.51. The minimum atomic E-state index is -0.321. The number of halogens is 1. The van der Waals surface area contributed by atoms with Gasteiger partial charge in [-0.3, -0.25) is 14.5 Å². The van der Waals surface area contributed by atoms with Crippen LogP contribution in [0.1, 0.15) is 23.6 Å². The van der Waals surface area contributed by atoms with E-state index in [1.54, 1.807) is 12.1 Å². The zero-order valence-electron chi connectivity index (χ0n) is 16.8. The molecule has 0 spiro atoms. The molecule has 0 radical (unpaired) electrons. The Bertz CT molecular complexity index is 1000. The Balaban J connectivity index is 1.85. The van der Waals surface area contributed by atoms with E-state index >= 15 is 0 Å². The molecule has 0 atom stereocenters. The molecule has 1 fully saturated rings. The van der Waals surface area contributed by atoms with Gasteiger partial charge in [0.2, 0.25) is 0 Å². The molecule has 5 nitrogen and oxygen atoms in total. The largest absolute Gasteiger partial charge is 0.490 e. The number of amides is 2. The second-order valence-electron chi connectivity index (χ2n) is 6.62. The van der Waals surface area contributed by atoms with Crippen molar-refractivity contribution in [1.29, 1.82) is 0 Å². The molecule has 30 heavy (non-hydrogen) atoms. The zero-order valence-corrected chi connectivity index (χ0v) is 19.2. The van der Waals surface area contributed by atoms with E-state index in [4.69, 9.17) is 9.47 Å². The molecule has 7 heteroatoms. The number of thioether (sulfide) groups is 1. The van der Waals surface area contributed by atoms with Crippen molar-refractivity contribution in [2.45, 2.75) is 20.5 Å². The van der Waals surface area contributed by atoms with E-state index in [9.17, 15) is 9.59 Å². The molecule has 1 aliphatic rings. The van der Waals surface area contributed by atoms with Crippen LogP contribution in [0, 0.1) is 6.92 Å². The lowest BCUT2D eigenvalue weighted by Gasteiger charge is -2.15. The summed E-state index contributed by atoms with van der Waals surface area (Å²) in [7, 11) is 0. The summed E-state index contributed by atoms with van der Waals surface area (Å²) in [5.74, 6) is 0.837. The van der Waals surface area contributed by atoms with Crippen LogP contribution >= 0.6 is 27.7 Å². The quantitative estimate of drug-likeness (QED) is 0.339. The highest BCUT2D eigenvalue weighted by Crippen LogP contribution is 2.39. The summed E-state index contributed by atoms with van der Waals surface area (Å²) in [6.07, 6.45) is 3.22. The van der Waals surface area contributed by atoms with Crippen molar-refractivity contribution in [3.05, 3.63) is 75.1 Å². The Kier molecular flexibility index (Phi) is 7.39. The number of ether oxygens (including phenoxy) is 2. The Morgan fingerprint density at radius 2 is 1.90 bits per heavy atom. The molecule has 2 aromatic carbocycles. The van der Waals surface area contributed by atoms with E-state index in [1.165, 1.54) is 16.5 Å². The van der Waals surface area contributed by atoms with Crippen LogP contribution in [0.15, 0.2) is 58.4 Å². The third-order valence-electron chi connectivity index (χ3n) is 4.32. The van der Waals surface area contributed by atoms with E-state index in [0.717, 1.165) is 22.9 Å². The molecule has 156 valence electrons. The number of rotatable bonds is 8. The minimum Gasteiger partial charge on any atom is -0.490 e. The van der Waals surface area contributed by atoms with Crippen molar-refractivity contribution in [2.75, 3.05) is 13.2 Å². The first-order valence-electron chi connectivity index (χ1n) is 9.44. The number of hydrogen-bond donors (Lipinski definition) is 0. The van der Waals surface area contributed by atoms with Crippen molar-refractivity contribution in [3.63, 3.8) is 0 Å². The van der Waals surface area contributed by atoms with Gasteiger partial charge in [0.05, 0.1) is 16.0 Å². The smallest absolute Gasteiger partial charge is 0.293 e. The van der Waals surface area contributed by atoms with Crippen LogP contribution in [-0.2, 0) is 11.4 Å². The maximum Gasteiger partial charge on any atom is 0.293 e. The van der Waals surface area contributed by atoms with Gasteiger partial charge >= 0.3 is 0 Å². The van der Waals surface area contributed by atoms with Crippen LogP contribution in [0.4, 0.5) is 4.79 Å². The average molecular weight is 488 g/mol. The first-order valence-corrected chi connectivity index (χ1v) is 11.0. The lowest BCUT2D eigenvalue weighted by Crippen LogP contribution is -2.27. The van der Waals surface area contributed by atoms with Gasteiger partial charge in [-0.2, -0.15) is 0 Å². The van der Waals surface area contributed by atoms with Crippen LogP contribution in [0.3, 0.4) is 0 Å². The van der Waals surface area contributed by atoms with Crippen molar-refractivity contribution in [2.24, 2.45) is 0 Å². The molecule has 0 aromatic heterocycles. The Morgan fingerprint density at radius 1 is 1.17 bits per heavy atom. The SMILES string of the molecule is C=CCN1C(=O)S/C(=C/c2cc(Br)c(OCc3ccc(C)cc3)c(OCC)c2)C1=O. The Labute approximate surface area is 188 Å². The van der Waals surface area contributed by atoms with E-state index in [-0.39, 0.29) is 17.7 Å². The topological polar surface area (TPSA) is 55.8 Å². The van der Waals surface area contributed by atoms with Crippen molar-refractivity contribution in [1.82, 2.24) is 4.90 Å². The van der Waals surface area contributed by atoms with E-state index in [0.29, 0.717) is 34.1 Å². The monoisotopic (exact) mass is 487 g/mol. The third-order valence-corrected chi connectivity index (χ3v) is 5.81. The molecule has 1 heterocycles. The van der Waals surface area contributed by atoms with Crippen molar-refractivity contribution in [3.8, 4) is 11.5 Å².